The number of hydrogen-bond donors (Lipinski definition) is 0. The zero-order valence-electron chi connectivity index (χ0n) is 16.3. The van der Waals surface area contributed by atoms with Gasteiger partial charge in [0.05, 0.1) is 24.1 Å². The Morgan fingerprint density at radius 1 is 1.14 bits per heavy atom. The van der Waals surface area contributed by atoms with Crippen LogP contribution in [-0.4, -0.2) is 22.4 Å². The molecule has 0 amide bonds. The average Bonchev–Trinajstić information content (AvgIpc) is 3.18. The number of aromatic nitrogens is 2. The third-order valence-corrected chi connectivity index (χ3v) is 5.55. The first kappa shape index (κ1) is 20.4. The number of aryl methyl sites for hydroxylation is 2. The number of hydrogen-bond acceptors (Lipinski definition) is 3. The molecule has 3 aromatic rings. The fourth-order valence-electron chi connectivity index (χ4n) is 3.10. The fourth-order valence-corrected chi connectivity index (χ4v) is 3.97. The van der Waals surface area contributed by atoms with Crippen molar-refractivity contribution in [2.45, 2.75) is 31.8 Å². The van der Waals surface area contributed by atoms with Gasteiger partial charge in [0, 0.05) is 17.4 Å². The van der Waals surface area contributed by atoms with Crippen LogP contribution in [0.15, 0.2) is 53.9 Å². The van der Waals surface area contributed by atoms with Gasteiger partial charge in [-0.3, -0.25) is 4.57 Å². The van der Waals surface area contributed by atoms with Gasteiger partial charge in [0.2, 0.25) is 0 Å². The Balaban J connectivity index is 1.82. The number of thioether (sulfide) groups is 1. The van der Waals surface area contributed by atoms with Crippen LogP contribution in [0.3, 0.4) is 0 Å². The molecule has 5 heteroatoms. The molecule has 0 aliphatic heterocycles. The number of halogens is 1. The fraction of sp³-hybridized carbons (Fsp3) is 0.261. The average molecular weight is 411 g/mol. The van der Waals surface area contributed by atoms with E-state index in [2.05, 4.69) is 53.4 Å². The van der Waals surface area contributed by atoms with E-state index in [4.69, 9.17) is 16.3 Å². The first-order chi connectivity index (χ1) is 13.7. The molecular formula is C23H23ClN2OS. The van der Waals surface area contributed by atoms with Crippen LogP contribution in [0, 0.1) is 11.8 Å². The molecule has 0 fully saturated rings. The number of nitrogens with zero attached hydrogens (tertiary/aromatic N) is 2. The van der Waals surface area contributed by atoms with Crippen LogP contribution in [0.1, 0.15) is 30.5 Å². The number of rotatable bonds is 6. The highest BCUT2D eigenvalue weighted by Crippen LogP contribution is 2.27. The zero-order valence-corrected chi connectivity index (χ0v) is 17.9. The molecular weight excluding hydrogens is 388 g/mol. The van der Waals surface area contributed by atoms with Crippen molar-refractivity contribution < 1.29 is 4.74 Å². The number of methoxy groups -OCH3 is 1. The molecule has 0 aliphatic carbocycles. The highest BCUT2D eigenvalue weighted by molar-refractivity contribution is 7.99. The van der Waals surface area contributed by atoms with E-state index in [-0.39, 0.29) is 0 Å². The Kier molecular flexibility index (Phi) is 7.08. The summed E-state index contributed by atoms with van der Waals surface area (Å²) in [5, 5.41) is 1.60. The summed E-state index contributed by atoms with van der Waals surface area (Å²) in [5.74, 6) is 7.71. The maximum absolute atomic E-state index is 6.07. The van der Waals surface area contributed by atoms with E-state index in [0.717, 1.165) is 29.3 Å². The highest BCUT2D eigenvalue weighted by Gasteiger charge is 2.12. The van der Waals surface area contributed by atoms with Crippen molar-refractivity contribution in [3.05, 3.63) is 70.5 Å². The quantitative estimate of drug-likeness (QED) is 0.379. The molecule has 144 valence electrons. The number of benzene rings is 2. The number of imidazole rings is 1. The smallest absolute Gasteiger partial charge is 0.173 e. The van der Waals surface area contributed by atoms with Crippen molar-refractivity contribution in [2.75, 3.05) is 12.9 Å². The Hall–Kier alpha value is -2.35. The summed E-state index contributed by atoms with van der Waals surface area (Å²) < 4.78 is 7.53. The van der Waals surface area contributed by atoms with Crippen molar-refractivity contribution in [3.8, 4) is 23.3 Å². The molecule has 0 saturated heterocycles. The summed E-state index contributed by atoms with van der Waals surface area (Å²) in [6.45, 7) is 4.37. The third-order valence-electron chi connectivity index (χ3n) is 4.47. The standard InChI is InChI=1S/C23H23ClN2OS/c1-4-17-8-6-9-18(5-2)22(17)26-14-13-25-23(26)28-15-7-10-19-16-20(24)11-12-21(19)27-3/h6,8-9,11-14,16H,4-5,15H2,1-3H3. The van der Waals surface area contributed by atoms with Crippen molar-refractivity contribution in [3.63, 3.8) is 0 Å². The van der Waals surface area contributed by atoms with E-state index in [9.17, 15) is 0 Å². The van der Waals surface area contributed by atoms with Crippen molar-refractivity contribution in [1.82, 2.24) is 9.55 Å². The molecule has 0 saturated carbocycles. The minimum atomic E-state index is 0.627. The van der Waals surface area contributed by atoms with Gasteiger partial charge in [-0.15, -0.1) is 0 Å². The van der Waals surface area contributed by atoms with Crippen molar-refractivity contribution in [2.24, 2.45) is 0 Å². The zero-order chi connectivity index (χ0) is 19.9. The second-order valence-electron chi connectivity index (χ2n) is 6.15. The Morgan fingerprint density at radius 2 is 1.89 bits per heavy atom. The van der Waals surface area contributed by atoms with Gasteiger partial charge in [-0.1, -0.05) is 67.3 Å². The van der Waals surface area contributed by atoms with Gasteiger partial charge in [0.15, 0.2) is 5.16 Å². The largest absolute Gasteiger partial charge is 0.495 e. The molecule has 0 radical (unpaired) electrons. The van der Waals surface area contributed by atoms with Gasteiger partial charge in [-0.25, -0.2) is 4.98 Å². The minimum Gasteiger partial charge on any atom is -0.495 e. The first-order valence-electron chi connectivity index (χ1n) is 9.27. The molecule has 1 heterocycles. The normalized spacial score (nSPS) is 10.4. The lowest BCUT2D eigenvalue weighted by atomic mass is 10.0. The van der Waals surface area contributed by atoms with Crippen LogP contribution < -0.4 is 4.74 Å². The lowest BCUT2D eigenvalue weighted by molar-refractivity contribution is 0.413. The maximum Gasteiger partial charge on any atom is 0.173 e. The van der Waals surface area contributed by atoms with E-state index in [1.54, 1.807) is 24.9 Å². The van der Waals surface area contributed by atoms with Gasteiger partial charge < -0.3 is 4.74 Å². The topological polar surface area (TPSA) is 27.1 Å². The molecule has 0 aliphatic rings. The molecule has 3 rings (SSSR count). The number of ether oxygens (including phenoxy) is 1. The summed E-state index contributed by atoms with van der Waals surface area (Å²) >= 11 is 7.70. The molecule has 0 N–H and O–H groups in total. The molecule has 0 atom stereocenters. The van der Waals surface area contributed by atoms with Crippen LogP contribution >= 0.6 is 23.4 Å². The molecule has 0 bridgehead atoms. The third kappa shape index (κ3) is 4.55. The summed E-state index contributed by atoms with van der Waals surface area (Å²) in [7, 11) is 1.64. The van der Waals surface area contributed by atoms with Crippen molar-refractivity contribution >= 4 is 23.4 Å². The Bertz CT molecular complexity index is 995. The van der Waals surface area contributed by atoms with Crippen LogP contribution in [0.4, 0.5) is 0 Å². The van der Waals surface area contributed by atoms with Gasteiger partial charge >= 0.3 is 0 Å². The van der Waals surface area contributed by atoms with Crippen molar-refractivity contribution in [1.29, 1.82) is 0 Å². The highest BCUT2D eigenvalue weighted by atomic mass is 35.5. The first-order valence-corrected chi connectivity index (χ1v) is 10.6. The van der Waals surface area contributed by atoms with E-state index < -0.39 is 0 Å². The summed E-state index contributed by atoms with van der Waals surface area (Å²) in [4.78, 5) is 4.55. The van der Waals surface area contributed by atoms with E-state index in [1.807, 2.05) is 24.5 Å². The molecule has 0 spiro atoms. The van der Waals surface area contributed by atoms with E-state index in [1.165, 1.54) is 16.8 Å². The molecule has 3 nitrogen and oxygen atoms in total. The SMILES string of the molecule is CCc1cccc(CC)c1-n1ccnc1SCC#Cc1cc(Cl)ccc1OC. The van der Waals surface area contributed by atoms with E-state index in [0.29, 0.717) is 10.8 Å². The minimum absolute atomic E-state index is 0.627. The Morgan fingerprint density at radius 3 is 2.57 bits per heavy atom. The predicted octanol–water partition coefficient (Wildman–Crippen LogP) is 5.80. The molecule has 1 aromatic heterocycles. The lowest BCUT2D eigenvalue weighted by Gasteiger charge is -2.15. The Labute approximate surface area is 176 Å². The summed E-state index contributed by atoms with van der Waals surface area (Å²) in [5.41, 5.74) is 4.70. The summed E-state index contributed by atoms with van der Waals surface area (Å²) in [6.07, 6.45) is 5.85. The lowest BCUT2D eigenvalue weighted by Crippen LogP contribution is -2.04. The molecule has 2 aromatic carbocycles. The predicted molar refractivity (Wildman–Crippen MR) is 118 cm³/mol. The van der Waals surface area contributed by atoms with Crippen LogP contribution in [0.2, 0.25) is 5.02 Å². The van der Waals surface area contributed by atoms with Gasteiger partial charge in [-0.05, 0) is 42.2 Å². The maximum atomic E-state index is 6.07. The van der Waals surface area contributed by atoms with Crippen LogP contribution in [-0.2, 0) is 12.8 Å². The van der Waals surface area contributed by atoms with Gasteiger partial charge in [-0.2, -0.15) is 0 Å². The molecule has 28 heavy (non-hydrogen) atoms. The number of para-hydroxylation sites is 1. The van der Waals surface area contributed by atoms with E-state index >= 15 is 0 Å². The van der Waals surface area contributed by atoms with Crippen LogP contribution in [0.5, 0.6) is 5.75 Å². The van der Waals surface area contributed by atoms with Crippen LogP contribution in [0.25, 0.3) is 5.69 Å². The summed E-state index contributed by atoms with van der Waals surface area (Å²) in [6, 6.07) is 12.0. The monoisotopic (exact) mass is 410 g/mol. The molecule has 0 unspecified atom stereocenters. The second-order valence-corrected chi connectivity index (χ2v) is 7.53. The van der Waals surface area contributed by atoms with Gasteiger partial charge in [0.25, 0.3) is 0 Å². The van der Waals surface area contributed by atoms with Gasteiger partial charge in [0.1, 0.15) is 5.75 Å². The second kappa shape index (κ2) is 9.73.